The minimum absolute atomic E-state index is 0.0243. The van der Waals surface area contributed by atoms with Gasteiger partial charge in [0.05, 0.1) is 16.6 Å². The molecule has 0 radical (unpaired) electrons. The Morgan fingerprint density at radius 3 is 2.24 bits per heavy atom. The largest absolute Gasteiger partial charge is 0.507 e. The molecule has 182 valence electrons. The average Bonchev–Trinajstić information content (AvgIpc) is 2.78. The van der Waals surface area contributed by atoms with Crippen LogP contribution in [0.4, 0.5) is 5.69 Å². The van der Waals surface area contributed by atoms with Crippen molar-refractivity contribution in [2.24, 2.45) is 5.92 Å². The number of hydrogen-bond donors (Lipinski definition) is 1. The third kappa shape index (κ3) is 4.58. The number of aliphatic hydroxyl groups excluding tert-OH is 1. The molecule has 0 saturated heterocycles. The number of carbonyl (C=O) groups excluding carboxylic acids is 1. The number of ether oxygens (including phenoxy) is 1. The van der Waals surface area contributed by atoms with E-state index >= 15 is 0 Å². The molecule has 34 heavy (non-hydrogen) atoms. The Morgan fingerprint density at radius 2 is 1.62 bits per heavy atom. The Hall–Kier alpha value is -2.80. The monoisotopic (exact) mass is 483 g/mol. The van der Waals surface area contributed by atoms with Gasteiger partial charge in [-0.2, -0.15) is 0 Å². The fraction of sp³-hybridized carbons (Fsp3) is 0.444. The quantitative estimate of drug-likeness (QED) is 0.559. The van der Waals surface area contributed by atoms with Crippen LogP contribution in [0.5, 0.6) is 0 Å². The first kappa shape index (κ1) is 24.3. The smallest absolute Gasteiger partial charge is 0.340 e. The summed E-state index contributed by atoms with van der Waals surface area (Å²) >= 11 is 0. The lowest BCUT2D eigenvalue weighted by molar-refractivity contribution is -0.150. The normalized spacial score (nSPS) is 19.6. The van der Waals surface area contributed by atoms with Gasteiger partial charge in [0, 0.05) is 5.56 Å². The van der Waals surface area contributed by atoms with Crippen molar-refractivity contribution in [3.63, 3.8) is 0 Å². The molecule has 1 atom stereocenters. The van der Waals surface area contributed by atoms with E-state index in [1.165, 1.54) is 4.31 Å². The zero-order valence-corrected chi connectivity index (χ0v) is 21.1. The van der Waals surface area contributed by atoms with Gasteiger partial charge in [0.1, 0.15) is 16.9 Å². The van der Waals surface area contributed by atoms with Crippen LogP contribution in [0.25, 0.3) is 5.76 Å². The number of anilines is 1. The van der Waals surface area contributed by atoms with Crippen LogP contribution in [-0.4, -0.2) is 31.1 Å². The summed E-state index contributed by atoms with van der Waals surface area (Å²) in [6, 6.07) is 12.7. The number of para-hydroxylation sites is 1. The van der Waals surface area contributed by atoms with Crippen LogP contribution in [0.3, 0.4) is 0 Å². The molecule has 0 spiro atoms. The Kier molecular flexibility index (Phi) is 6.51. The summed E-state index contributed by atoms with van der Waals surface area (Å²) in [6.07, 6.45) is 4.51. The zero-order valence-electron chi connectivity index (χ0n) is 20.2. The summed E-state index contributed by atoms with van der Waals surface area (Å²) in [5.41, 5.74) is 0.874. The lowest BCUT2D eigenvalue weighted by Gasteiger charge is -2.43. The molecule has 2 aromatic carbocycles. The van der Waals surface area contributed by atoms with E-state index in [-0.39, 0.29) is 22.1 Å². The standard InChI is InChI=1S/C27H33NO5S/c1-18-14-16-20(17-15-18)34(31,32)28-22-13-9-8-12-21(22)25(29)23(26(30)33-27(2,3)4)24(28)19-10-6-5-7-11-19/h8-9,12-17,19,24,29H,5-7,10-11H2,1-4H3/t24-/m1/s1. The molecular formula is C27H33NO5S. The first-order chi connectivity index (χ1) is 16.0. The number of aliphatic hydroxyl groups is 1. The summed E-state index contributed by atoms with van der Waals surface area (Å²) in [5.74, 6) is -0.998. The Labute approximate surface area is 202 Å². The fourth-order valence-electron chi connectivity index (χ4n) is 4.95. The average molecular weight is 484 g/mol. The maximum atomic E-state index is 14.1. The van der Waals surface area contributed by atoms with Crippen molar-refractivity contribution in [1.82, 2.24) is 0 Å². The number of rotatable bonds is 4. The molecule has 6 nitrogen and oxygen atoms in total. The summed E-state index contributed by atoms with van der Waals surface area (Å²) in [6.45, 7) is 7.18. The molecule has 1 aliphatic heterocycles. The number of aryl methyl sites for hydroxylation is 1. The van der Waals surface area contributed by atoms with E-state index in [4.69, 9.17) is 4.74 Å². The summed E-state index contributed by atoms with van der Waals surface area (Å²) in [7, 11) is -4.04. The number of fused-ring (bicyclic) bond motifs is 1. The second-order valence-electron chi connectivity index (χ2n) is 10.2. The molecule has 7 heteroatoms. The zero-order chi connectivity index (χ0) is 24.7. The Balaban J connectivity index is 1.96. The first-order valence-electron chi connectivity index (χ1n) is 11.9. The molecule has 0 unspecified atom stereocenters. The van der Waals surface area contributed by atoms with Crippen LogP contribution in [0, 0.1) is 12.8 Å². The molecule has 0 bridgehead atoms. The van der Waals surface area contributed by atoms with E-state index in [1.54, 1.807) is 69.3 Å². The van der Waals surface area contributed by atoms with Gasteiger partial charge < -0.3 is 9.84 Å². The number of hydrogen-bond acceptors (Lipinski definition) is 5. The van der Waals surface area contributed by atoms with Gasteiger partial charge >= 0.3 is 5.97 Å². The molecular weight excluding hydrogens is 450 g/mol. The molecule has 2 aromatic rings. The van der Waals surface area contributed by atoms with E-state index in [0.717, 1.165) is 37.7 Å². The van der Waals surface area contributed by atoms with Crippen molar-refractivity contribution in [3.8, 4) is 0 Å². The Bertz CT molecular complexity index is 1200. The van der Waals surface area contributed by atoms with Gasteiger partial charge in [0.25, 0.3) is 10.0 Å². The molecule has 1 heterocycles. The number of sulfonamides is 1. The second-order valence-corrected chi connectivity index (χ2v) is 12.1. The van der Waals surface area contributed by atoms with E-state index in [2.05, 4.69) is 0 Å². The van der Waals surface area contributed by atoms with Crippen LogP contribution >= 0.6 is 0 Å². The summed E-state index contributed by atoms with van der Waals surface area (Å²) in [4.78, 5) is 13.6. The van der Waals surface area contributed by atoms with Gasteiger partial charge in [-0.05, 0) is 70.7 Å². The van der Waals surface area contributed by atoms with E-state index in [1.807, 2.05) is 6.92 Å². The summed E-state index contributed by atoms with van der Waals surface area (Å²) < 4.78 is 35.3. The third-order valence-corrected chi connectivity index (χ3v) is 8.30. The van der Waals surface area contributed by atoms with Gasteiger partial charge in [-0.25, -0.2) is 13.2 Å². The van der Waals surface area contributed by atoms with Gasteiger partial charge in [0.2, 0.25) is 0 Å². The van der Waals surface area contributed by atoms with Crippen LogP contribution < -0.4 is 4.31 Å². The third-order valence-electron chi connectivity index (χ3n) is 6.49. The van der Waals surface area contributed by atoms with Crippen LogP contribution in [0.1, 0.15) is 64.0 Å². The van der Waals surface area contributed by atoms with Crippen molar-refractivity contribution in [2.75, 3.05) is 4.31 Å². The molecule has 0 aromatic heterocycles. The van der Waals surface area contributed by atoms with Gasteiger partial charge in [-0.1, -0.05) is 49.1 Å². The number of esters is 1. The highest BCUT2D eigenvalue weighted by Crippen LogP contribution is 2.46. The lowest BCUT2D eigenvalue weighted by atomic mass is 9.78. The van der Waals surface area contributed by atoms with Crippen LogP contribution in [0.2, 0.25) is 0 Å². The molecule has 1 N–H and O–H groups in total. The minimum atomic E-state index is -4.04. The molecule has 1 saturated carbocycles. The molecule has 2 aliphatic rings. The maximum absolute atomic E-state index is 14.1. The predicted molar refractivity (Wildman–Crippen MR) is 133 cm³/mol. The van der Waals surface area contributed by atoms with Crippen molar-refractivity contribution in [3.05, 3.63) is 65.2 Å². The van der Waals surface area contributed by atoms with Crippen LogP contribution in [0.15, 0.2) is 59.0 Å². The lowest BCUT2D eigenvalue weighted by Crippen LogP contribution is -2.51. The molecule has 1 aliphatic carbocycles. The van der Waals surface area contributed by atoms with Crippen molar-refractivity contribution >= 4 is 27.4 Å². The van der Waals surface area contributed by atoms with E-state index in [0.29, 0.717) is 11.3 Å². The van der Waals surface area contributed by atoms with Crippen molar-refractivity contribution in [1.29, 1.82) is 0 Å². The van der Waals surface area contributed by atoms with E-state index in [9.17, 15) is 18.3 Å². The highest BCUT2D eigenvalue weighted by Gasteiger charge is 2.47. The van der Waals surface area contributed by atoms with E-state index < -0.39 is 27.6 Å². The second kappa shape index (κ2) is 9.10. The molecule has 1 fully saturated rings. The van der Waals surface area contributed by atoms with Gasteiger partial charge in [-0.15, -0.1) is 0 Å². The Morgan fingerprint density at radius 1 is 1.00 bits per heavy atom. The maximum Gasteiger partial charge on any atom is 0.340 e. The summed E-state index contributed by atoms with van der Waals surface area (Å²) in [5, 5.41) is 11.3. The number of nitrogens with zero attached hydrogens (tertiary/aromatic N) is 1. The van der Waals surface area contributed by atoms with Crippen molar-refractivity contribution < 1.29 is 23.1 Å². The first-order valence-corrected chi connectivity index (χ1v) is 13.3. The van der Waals surface area contributed by atoms with Gasteiger partial charge in [0.15, 0.2) is 0 Å². The highest BCUT2D eigenvalue weighted by molar-refractivity contribution is 7.92. The molecule has 0 amide bonds. The topological polar surface area (TPSA) is 83.9 Å². The minimum Gasteiger partial charge on any atom is -0.507 e. The molecule has 4 rings (SSSR count). The SMILES string of the molecule is Cc1ccc(S(=O)(=O)N2c3ccccc3C(O)=C(C(=O)OC(C)(C)C)[C@H]2C2CCCCC2)cc1. The fourth-order valence-corrected chi connectivity index (χ4v) is 6.65. The number of benzene rings is 2. The predicted octanol–water partition coefficient (Wildman–Crippen LogP) is 5.76. The highest BCUT2D eigenvalue weighted by atomic mass is 32.2. The van der Waals surface area contributed by atoms with Gasteiger partial charge in [-0.3, -0.25) is 4.31 Å². The number of carbonyl (C=O) groups is 1. The van der Waals surface area contributed by atoms with Crippen molar-refractivity contribution in [2.45, 2.75) is 76.3 Å². The van der Waals surface area contributed by atoms with Crippen LogP contribution in [-0.2, 0) is 19.6 Å².